The molecule has 1 aliphatic rings. The largest absolute Gasteiger partial charge is 0.366 e. The van der Waals surface area contributed by atoms with E-state index >= 15 is 0 Å². The molecule has 1 saturated heterocycles. The topological polar surface area (TPSA) is 110 Å². The monoisotopic (exact) mass is 177 g/mol. The number of amides is 1. The van der Waals surface area contributed by atoms with Crippen LogP contribution in [-0.2, 0) is 4.79 Å². The van der Waals surface area contributed by atoms with Crippen molar-refractivity contribution in [3.63, 3.8) is 0 Å². The second-order valence-electron chi connectivity index (χ2n) is 2.84. The number of carbonyl (C=O) groups excluding carboxylic acids is 1. The Morgan fingerprint density at radius 3 is 1.92 bits per heavy atom. The summed E-state index contributed by atoms with van der Waals surface area (Å²) in [5, 5.41) is 37.4. The number of hydrogen-bond donors (Lipinski definition) is 5. The average Bonchev–Trinajstić information content (AvgIpc) is 2.32. The predicted octanol–water partition coefficient (Wildman–Crippen LogP) is -2.74. The maximum absolute atomic E-state index is 10.7. The van der Waals surface area contributed by atoms with E-state index in [1.807, 2.05) is 0 Å². The van der Waals surface area contributed by atoms with Crippen molar-refractivity contribution in [3.05, 3.63) is 0 Å². The van der Waals surface area contributed by atoms with Crippen LogP contribution in [0, 0.1) is 0 Å². The minimum Gasteiger partial charge on any atom is -0.366 e. The second-order valence-corrected chi connectivity index (χ2v) is 2.84. The Morgan fingerprint density at radius 1 is 1.25 bits per heavy atom. The Balaban J connectivity index is 2.81. The first-order chi connectivity index (χ1) is 5.49. The van der Waals surface area contributed by atoms with E-state index in [4.69, 9.17) is 20.4 Å². The van der Waals surface area contributed by atoms with Gasteiger partial charge in [-0.25, -0.2) is 0 Å². The van der Waals surface area contributed by atoms with Gasteiger partial charge >= 0.3 is 0 Å². The Kier molecular flexibility index (Phi) is 2.34. The van der Waals surface area contributed by atoms with Gasteiger partial charge in [-0.05, 0) is 6.42 Å². The van der Waals surface area contributed by atoms with Crippen LogP contribution >= 0.6 is 0 Å². The zero-order valence-corrected chi connectivity index (χ0v) is 6.27. The minimum atomic E-state index is -1.97. The molecule has 12 heavy (non-hydrogen) atoms. The molecule has 0 radical (unpaired) electrons. The zero-order valence-electron chi connectivity index (χ0n) is 6.27. The van der Waals surface area contributed by atoms with Crippen LogP contribution < -0.4 is 5.32 Å². The molecular weight excluding hydrogens is 166 g/mol. The fraction of sp³-hybridized carbons (Fsp3) is 0.833. The maximum Gasteiger partial charge on any atom is 0.220 e. The molecule has 1 rings (SSSR count). The van der Waals surface area contributed by atoms with E-state index in [9.17, 15) is 4.79 Å². The van der Waals surface area contributed by atoms with Gasteiger partial charge in [0.15, 0.2) is 12.6 Å². The molecule has 6 heteroatoms. The highest BCUT2D eigenvalue weighted by Gasteiger charge is 2.48. The summed E-state index contributed by atoms with van der Waals surface area (Å²) < 4.78 is 0. The Morgan fingerprint density at radius 2 is 1.75 bits per heavy atom. The van der Waals surface area contributed by atoms with Gasteiger partial charge in [-0.3, -0.25) is 4.79 Å². The van der Waals surface area contributed by atoms with E-state index < -0.39 is 24.0 Å². The van der Waals surface area contributed by atoms with Crippen LogP contribution in [0.4, 0.5) is 0 Å². The molecule has 1 aliphatic heterocycles. The SMILES string of the molecule is O=C1CCC(C(O)O)(C(O)O)N1. The quantitative estimate of drug-likeness (QED) is 0.294. The number of rotatable bonds is 2. The van der Waals surface area contributed by atoms with E-state index in [1.54, 1.807) is 0 Å². The van der Waals surface area contributed by atoms with Gasteiger partial charge in [0.25, 0.3) is 0 Å². The van der Waals surface area contributed by atoms with Crippen molar-refractivity contribution >= 4 is 5.91 Å². The molecule has 5 N–H and O–H groups in total. The molecule has 0 saturated carbocycles. The van der Waals surface area contributed by atoms with Crippen LogP contribution in [0.2, 0.25) is 0 Å². The molecule has 1 heterocycles. The van der Waals surface area contributed by atoms with Gasteiger partial charge in [0.2, 0.25) is 5.91 Å². The molecule has 0 atom stereocenters. The van der Waals surface area contributed by atoms with Crippen LogP contribution in [0.1, 0.15) is 12.8 Å². The number of aliphatic hydroxyl groups excluding tert-OH is 2. The summed E-state index contributed by atoms with van der Waals surface area (Å²) in [5.74, 6) is -0.420. The van der Waals surface area contributed by atoms with E-state index in [1.165, 1.54) is 0 Å². The maximum atomic E-state index is 10.7. The molecule has 0 aliphatic carbocycles. The standard InChI is InChI=1S/C6H11NO5/c8-3-1-2-6(7-3,4(9)10)5(11)12/h4-5,9-12H,1-2H2,(H,7,8). The first kappa shape index (κ1) is 9.40. The molecule has 6 nitrogen and oxygen atoms in total. The third kappa shape index (κ3) is 1.29. The summed E-state index contributed by atoms with van der Waals surface area (Å²) in [6.45, 7) is 0. The van der Waals surface area contributed by atoms with Crippen molar-refractivity contribution < 1.29 is 25.2 Å². The van der Waals surface area contributed by atoms with Gasteiger partial charge in [-0.2, -0.15) is 0 Å². The molecule has 0 unspecified atom stereocenters. The summed E-state index contributed by atoms with van der Waals surface area (Å²) in [6, 6.07) is 0. The van der Waals surface area contributed by atoms with Gasteiger partial charge in [0, 0.05) is 6.42 Å². The Bertz CT molecular complexity index is 182. The van der Waals surface area contributed by atoms with Crippen molar-refractivity contribution in [1.82, 2.24) is 5.32 Å². The molecular formula is C6H11NO5. The lowest BCUT2D eigenvalue weighted by Gasteiger charge is -2.32. The van der Waals surface area contributed by atoms with Crippen LogP contribution in [-0.4, -0.2) is 44.5 Å². The highest BCUT2D eigenvalue weighted by atomic mass is 16.5. The van der Waals surface area contributed by atoms with Gasteiger partial charge < -0.3 is 25.7 Å². The summed E-state index contributed by atoms with van der Waals surface area (Å²) in [5.41, 5.74) is -1.71. The lowest BCUT2D eigenvalue weighted by atomic mass is 9.96. The number of hydrogen-bond acceptors (Lipinski definition) is 5. The molecule has 0 bridgehead atoms. The van der Waals surface area contributed by atoms with Crippen molar-refractivity contribution in [1.29, 1.82) is 0 Å². The van der Waals surface area contributed by atoms with Crippen LogP contribution in [0.3, 0.4) is 0 Å². The van der Waals surface area contributed by atoms with Crippen LogP contribution in [0.15, 0.2) is 0 Å². The average molecular weight is 177 g/mol. The second kappa shape index (κ2) is 2.98. The minimum absolute atomic E-state index is 0.00116. The van der Waals surface area contributed by atoms with Gasteiger partial charge in [0.1, 0.15) is 5.54 Å². The van der Waals surface area contributed by atoms with E-state index in [2.05, 4.69) is 5.32 Å². The lowest BCUT2D eigenvalue weighted by molar-refractivity contribution is -0.199. The fourth-order valence-electron chi connectivity index (χ4n) is 1.23. The summed E-state index contributed by atoms with van der Waals surface area (Å²) in [6.07, 6.45) is -3.87. The first-order valence-electron chi connectivity index (χ1n) is 3.52. The third-order valence-electron chi connectivity index (χ3n) is 2.06. The normalized spacial score (nSPS) is 22.0. The summed E-state index contributed by atoms with van der Waals surface area (Å²) in [7, 11) is 0. The van der Waals surface area contributed by atoms with Crippen molar-refractivity contribution in [2.75, 3.05) is 0 Å². The number of nitrogens with one attached hydrogen (secondary N) is 1. The Labute approximate surface area is 68.4 Å². The molecule has 0 spiro atoms. The van der Waals surface area contributed by atoms with E-state index in [0.29, 0.717) is 0 Å². The smallest absolute Gasteiger partial charge is 0.220 e. The van der Waals surface area contributed by atoms with E-state index in [0.717, 1.165) is 0 Å². The van der Waals surface area contributed by atoms with Gasteiger partial charge in [0.05, 0.1) is 0 Å². The molecule has 1 amide bonds. The third-order valence-corrected chi connectivity index (χ3v) is 2.06. The molecule has 0 aromatic carbocycles. The fourth-order valence-corrected chi connectivity index (χ4v) is 1.23. The summed E-state index contributed by atoms with van der Waals surface area (Å²) >= 11 is 0. The molecule has 1 fully saturated rings. The van der Waals surface area contributed by atoms with Crippen molar-refractivity contribution in [2.24, 2.45) is 0 Å². The number of aliphatic hydroxyl groups is 4. The highest BCUT2D eigenvalue weighted by molar-refractivity contribution is 5.79. The van der Waals surface area contributed by atoms with Gasteiger partial charge in [-0.1, -0.05) is 0 Å². The summed E-state index contributed by atoms with van der Waals surface area (Å²) in [4.78, 5) is 10.7. The predicted molar refractivity (Wildman–Crippen MR) is 36.6 cm³/mol. The lowest BCUT2D eigenvalue weighted by Crippen LogP contribution is -2.59. The Hall–Kier alpha value is -0.690. The zero-order chi connectivity index (χ0) is 9.35. The molecule has 70 valence electrons. The first-order valence-corrected chi connectivity index (χ1v) is 3.52. The van der Waals surface area contributed by atoms with Crippen LogP contribution in [0.25, 0.3) is 0 Å². The van der Waals surface area contributed by atoms with Crippen molar-refractivity contribution in [3.8, 4) is 0 Å². The van der Waals surface area contributed by atoms with Crippen molar-refractivity contribution in [2.45, 2.75) is 31.0 Å². The highest BCUT2D eigenvalue weighted by Crippen LogP contribution is 2.25. The van der Waals surface area contributed by atoms with E-state index in [-0.39, 0.29) is 12.8 Å². The molecule has 0 aromatic heterocycles. The van der Waals surface area contributed by atoms with Gasteiger partial charge in [-0.15, -0.1) is 0 Å². The van der Waals surface area contributed by atoms with Crippen LogP contribution in [0.5, 0.6) is 0 Å². The number of carbonyl (C=O) groups is 1. The molecule has 0 aromatic rings.